The fourth-order valence-electron chi connectivity index (χ4n) is 4.09. The Morgan fingerprint density at radius 1 is 1.17 bits per heavy atom. The number of aliphatic hydroxyl groups excluding tert-OH is 1. The minimum Gasteiger partial charge on any atom is -0.507 e. The molecule has 3 aromatic rings. The van der Waals surface area contributed by atoms with Gasteiger partial charge in [-0.1, -0.05) is 25.1 Å². The number of phenolic OH excluding ortho intramolecular Hbond substituents is 1. The molecule has 186 valence electrons. The Morgan fingerprint density at radius 3 is 2.67 bits per heavy atom. The molecule has 1 amide bonds. The first-order valence-corrected chi connectivity index (χ1v) is 12.1. The van der Waals surface area contributed by atoms with Crippen molar-refractivity contribution in [2.75, 3.05) is 13.7 Å². The molecule has 1 saturated heterocycles. The van der Waals surface area contributed by atoms with Crippen molar-refractivity contribution in [1.29, 1.82) is 0 Å². The highest BCUT2D eigenvalue weighted by Gasteiger charge is 2.46. The van der Waals surface area contributed by atoms with E-state index in [0.717, 1.165) is 6.42 Å². The number of Topliss-reactive ketones (excluding diaryl/α,β-unsaturated/α-hetero) is 1. The number of pyridine rings is 1. The average molecular weight is 553 g/mol. The molecule has 2 aromatic carbocycles. The summed E-state index contributed by atoms with van der Waals surface area (Å²) in [4.78, 5) is 32.0. The maximum atomic E-state index is 13.3. The lowest BCUT2D eigenvalue weighted by atomic mass is 9.94. The zero-order valence-corrected chi connectivity index (χ0v) is 21.4. The van der Waals surface area contributed by atoms with Crippen molar-refractivity contribution in [2.24, 2.45) is 0 Å². The third-order valence-electron chi connectivity index (χ3n) is 5.78. The summed E-state index contributed by atoms with van der Waals surface area (Å²) in [5, 5.41) is 21.7. The summed E-state index contributed by atoms with van der Waals surface area (Å²) in [6.07, 6.45) is 4.04. The van der Waals surface area contributed by atoms with Crippen LogP contribution in [-0.4, -0.2) is 45.5 Å². The zero-order chi connectivity index (χ0) is 25.8. The van der Waals surface area contributed by atoms with Crippen LogP contribution in [0.1, 0.15) is 36.1 Å². The van der Waals surface area contributed by atoms with Gasteiger partial charge in [0, 0.05) is 24.5 Å². The van der Waals surface area contributed by atoms with Crippen LogP contribution in [-0.2, 0) is 16.1 Å². The van der Waals surface area contributed by atoms with E-state index in [1.807, 2.05) is 6.92 Å². The molecule has 0 saturated carbocycles. The third-order valence-corrected chi connectivity index (χ3v) is 6.39. The van der Waals surface area contributed by atoms with Crippen molar-refractivity contribution >= 4 is 33.4 Å². The molecule has 8 nitrogen and oxygen atoms in total. The number of halogens is 1. The van der Waals surface area contributed by atoms with Gasteiger partial charge in [0.15, 0.2) is 11.5 Å². The lowest BCUT2D eigenvalue weighted by Crippen LogP contribution is -2.29. The fourth-order valence-corrected chi connectivity index (χ4v) is 4.55. The second-order valence-electron chi connectivity index (χ2n) is 8.22. The van der Waals surface area contributed by atoms with Crippen LogP contribution in [0.2, 0.25) is 0 Å². The molecule has 4 rings (SSSR count). The number of hydrogen-bond donors (Lipinski definition) is 2. The van der Waals surface area contributed by atoms with Crippen molar-refractivity contribution in [3.8, 4) is 17.2 Å². The topological polar surface area (TPSA) is 109 Å². The lowest BCUT2D eigenvalue weighted by Gasteiger charge is -2.26. The molecule has 1 atom stereocenters. The van der Waals surface area contributed by atoms with E-state index in [4.69, 9.17) is 9.47 Å². The van der Waals surface area contributed by atoms with E-state index in [9.17, 15) is 19.8 Å². The molecule has 36 heavy (non-hydrogen) atoms. The normalized spacial score (nSPS) is 16.9. The maximum Gasteiger partial charge on any atom is 0.295 e. The second kappa shape index (κ2) is 10.8. The number of ketones is 1. The van der Waals surface area contributed by atoms with E-state index in [2.05, 4.69) is 20.9 Å². The number of carbonyl (C=O) groups is 2. The second-order valence-corrected chi connectivity index (χ2v) is 9.07. The predicted molar refractivity (Wildman–Crippen MR) is 137 cm³/mol. The Kier molecular flexibility index (Phi) is 7.59. The first-order valence-electron chi connectivity index (χ1n) is 11.3. The number of phenols is 1. The highest BCUT2D eigenvalue weighted by Crippen LogP contribution is 2.45. The number of carbonyl (C=O) groups excluding carboxylic acids is 2. The number of aromatic nitrogens is 1. The van der Waals surface area contributed by atoms with Crippen LogP contribution in [0.5, 0.6) is 17.2 Å². The minimum absolute atomic E-state index is 0.0730. The first kappa shape index (κ1) is 25.2. The molecule has 1 aliphatic rings. The van der Waals surface area contributed by atoms with Gasteiger partial charge in [-0.2, -0.15) is 0 Å². The Morgan fingerprint density at radius 2 is 1.97 bits per heavy atom. The van der Waals surface area contributed by atoms with Gasteiger partial charge in [0.1, 0.15) is 11.5 Å². The Hall–Kier alpha value is -3.85. The van der Waals surface area contributed by atoms with Gasteiger partial charge in [-0.3, -0.25) is 14.6 Å². The Balaban J connectivity index is 1.88. The number of rotatable bonds is 8. The van der Waals surface area contributed by atoms with Gasteiger partial charge in [0.2, 0.25) is 0 Å². The van der Waals surface area contributed by atoms with Gasteiger partial charge in [-0.15, -0.1) is 0 Å². The van der Waals surface area contributed by atoms with E-state index in [0.29, 0.717) is 33.5 Å². The molecule has 0 radical (unpaired) electrons. The third kappa shape index (κ3) is 4.92. The molecule has 1 aromatic heterocycles. The average Bonchev–Trinajstić information content (AvgIpc) is 3.14. The molecule has 2 N–H and O–H groups in total. The van der Waals surface area contributed by atoms with Crippen molar-refractivity contribution in [3.05, 3.63) is 87.7 Å². The maximum absolute atomic E-state index is 13.3. The van der Waals surface area contributed by atoms with Crippen molar-refractivity contribution < 1.29 is 29.3 Å². The van der Waals surface area contributed by atoms with Crippen LogP contribution in [0.3, 0.4) is 0 Å². The van der Waals surface area contributed by atoms with Gasteiger partial charge in [0.25, 0.3) is 11.7 Å². The fraction of sp³-hybridized carbons (Fsp3) is 0.222. The molecule has 0 bridgehead atoms. The minimum atomic E-state index is -0.948. The standard InChI is InChI=1S/C27H25BrN2O6/c1-3-10-36-19-8-4-7-17(11-19)24(31)22-23(18-12-20(28)25(32)21(13-18)35-2)30(27(34)26(22)33)15-16-6-5-9-29-14-16/h4-9,11-14,23,31-32H,3,10,15H2,1-2H3/b24-22+. The van der Waals surface area contributed by atoms with Crippen LogP contribution >= 0.6 is 15.9 Å². The van der Waals surface area contributed by atoms with Gasteiger partial charge < -0.3 is 24.6 Å². The number of amides is 1. The molecule has 9 heteroatoms. The molecule has 1 fully saturated rings. The van der Waals surface area contributed by atoms with Crippen LogP contribution in [0.4, 0.5) is 0 Å². The van der Waals surface area contributed by atoms with Crippen LogP contribution in [0.25, 0.3) is 5.76 Å². The van der Waals surface area contributed by atoms with Crippen LogP contribution < -0.4 is 9.47 Å². The van der Waals surface area contributed by atoms with Crippen molar-refractivity contribution in [3.63, 3.8) is 0 Å². The van der Waals surface area contributed by atoms with Gasteiger partial charge >= 0.3 is 0 Å². The molecule has 2 heterocycles. The molecule has 1 unspecified atom stereocenters. The number of benzene rings is 2. The SMILES string of the molecule is CCCOc1cccc(/C(O)=C2\C(=O)C(=O)N(Cc3cccnc3)C2c2cc(Br)c(O)c(OC)c2)c1. The molecular formula is C27H25BrN2O6. The summed E-state index contributed by atoms with van der Waals surface area (Å²) in [5.74, 6) is -1.32. The largest absolute Gasteiger partial charge is 0.507 e. The summed E-state index contributed by atoms with van der Waals surface area (Å²) < 4.78 is 11.3. The zero-order valence-electron chi connectivity index (χ0n) is 19.8. The number of methoxy groups -OCH3 is 1. The Bertz CT molecular complexity index is 1330. The first-order chi connectivity index (χ1) is 17.3. The monoisotopic (exact) mass is 552 g/mol. The van der Waals surface area contributed by atoms with E-state index < -0.39 is 17.7 Å². The van der Waals surface area contributed by atoms with E-state index in [1.54, 1.807) is 60.9 Å². The quantitative estimate of drug-likeness (QED) is 0.230. The molecule has 1 aliphatic heterocycles. The number of hydrogen-bond acceptors (Lipinski definition) is 7. The summed E-state index contributed by atoms with van der Waals surface area (Å²) in [6.45, 7) is 2.57. The van der Waals surface area contributed by atoms with Gasteiger partial charge in [-0.05, 0) is 63.8 Å². The van der Waals surface area contributed by atoms with Gasteiger partial charge in [0.05, 0.1) is 29.8 Å². The number of ether oxygens (including phenoxy) is 2. The number of likely N-dealkylation sites (tertiary alicyclic amines) is 1. The Labute approximate surface area is 216 Å². The van der Waals surface area contributed by atoms with Crippen molar-refractivity contribution in [2.45, 2.75) is 25.9 Å². The van der Waals surface area contributed by atoms with Gasteiger partial charge in [-0.25, -0.2) is 0 Å². The van der Waals surface area contributed by atoms with Crippen LogP contribution in [0.15, 0.2) is 71.0 Å². The summed E-state index contributed by atoms with van der Waals surface area (Å²) in [5.41, 5.74) is 1.46. The number of aromatic hydroxyl groups is 1. The summed E-state index contributed by atoms with van der Waals surface area (Å²) >= 11 is 3.31. The van der Waals surface area contributed by atoms with E-state index in [-0.39, 0.29) is 29.4 Å². The molecular weight excluding hydrogens is 528 g/mol. The number of nitrogens with zero attached hydrogens (tertiary/aromatic N) is 2. The smallest absolute Gasteiger partial charge is 0.295 e. The van der Waals surface area contributed by atoms with Crippen molar-refractivity contribution in [1.82, 2.24) is 9.88 Å². The summed E-state index contributed by atoms with van der Waals surface area (Å²) in [6, 6.07) is 12.5. The lowest BCUT2D eigenvalue weighted by molar-refractivity contribution is -0.140. The predicted octanol–water partition coefficient (Wildman–Crippen LogP) is 4.97. The molecule has 0 spiro atoms. The van der Waals surface area contributed by atoms with E-state index in [1.165, 1.54) is 12.0 Å². The highest BCUT2D eigenvalue weighted by molar-refractivity contribution is 9.10. The number of aliphatic hydroxyl groups is 1. The summed E-state index contributed by atoms with van der Waals surface area (Å²) in [7, 11) is 1.40. The van der Waals surface area contributed by atoms with Crippen LogP contribution in [0, 0.1) is 0 Å². The molecule has 0 aliphatic carbocycles. The highest BCUT2D eigenvalue weighted by atomic mass is 79.9. The van der Waals surface area contributed by atoms with E-state index >= 15 is 0 Å².